The van der Waals surface area contributed by atoms with Gasteiger partial charge in [0.05, 0.1) is 11.1 Å². The summed E-state index contributed by atoms with van der Waals surface area (Å²) in [5.74, 6) is 0.978. The number of nitrogens with zero attached hydrogens (tertiary/aromatic N) is 2. The number of aromatic nitrogens is 2. The molecule has 0 unspecified atom stereocenters. The van der Waals surface area contributed by atoms with Gasteiger partial charge in [-0.1, -0.05) is 44.2 Å². The summed E-state index contributed by atoms with van der Waals surface area (Å²) >= 11 is 0. The van der Waals surface area contributed by atoms with Crippen molar-refractivity contribution in [1.29, 1.82) is 0 Å². The highest BCUT2D eigenvalue weighted by molar-refractivity contribution is 5.39. The van der Waals surface area contributed by atoms with Gasteiger partial charge in [0.2, 0.25) is 0 Å². The molecule has 3 rings (SSSR count). The Balaban J connectivity index is 1.86. The molecule has 104 valence electrons. The van der Waals surface area contributed by atoms with Crippen LogP contribution in [0.25, 0.3) is 0 Å². The van der Waals surface area contributed by atoms with E-state index in [1.807, 2.05) is 12.3 Å². The van der Waals surface area contributed by atoms with Crippen LogP contribution in [0, 0.1) is 0 Å². The molecule has 0 aliphatic heterocycles. The minimum Gasteiger partial charge on any atom is -0.309 e. The summed E-state index contributed by atoms with van der Waals surface area (Å²) in [5, 5.41) is 3.41. The maximum atomic E-state index is 4.78. The van der Waals surface area contributed by atoms with Crippen LogP contribution >= 0.6 is 0 Å². The fourth-order valence-electron chi connectivity index (χ4n) is 2.56. The van der Waals surface area contributed by atoms with Crippen molar-refractivity contribution in [3.05, 3.63) is 59.7 Å². The van der Waals surface area contributed by atoms with Crippen LogP contribution in [0.1, 0.15) is 43.8 Å². The first kappa shape index (κ1) is 13.3. The standard InChI is InChI=1S/C17H21N3/c1-13(2)19-12-15-8-11-18-16(20-15)17(9-10-17)14-6-4-3-5-7-14/h3-8,11,13,19H,9-10,12H2,1-2H3. The molecule has 1 fully saturated rings. The zero-order valence-electron chi connectivity index (χ0n) is 12.1. The van der Waals surface area contributed by atoms with Crippen molar-refractivity contribution in [2.45, 2.75) is 44.7 Å². The fourth-order valence-corrected chi connectivity index (χ4v) is 2.56. The Morgan fingerprint density at radius 3 is 2.55 bits per heavy atom. The van der Waals surface area contributed by atoms with Gasteiger partial charge in [-0.25, -0.2) is 9.97 Å². The Hall–Kier alpha value is -1.74. The second-order valence-electron chi connectivity index (χ2n) is 5.86. The summed E-state index contributed by atoms with van der Waals surface area (Å²) in [6.07, 6.45) is 4.19. The summed E-state index contributed by atoms with van der Waals surface area (Å²) in [7, 11) is 0. The molecule has 2 aromatic rings. The molecular weight excluding hydrogens is 246 g/mol. The number of benzene rings is 1. The Morgan fingerprint density at radius 1 is 1.15 bits per heavy atom. The maximum absolute atomic E-state index is 4.78. The van der Waals surface area contributed by atoms with Crippen molar-refractivity contribution in [2.24, 2.45) is 0 Å². The number of rotatable bonds is 5. The van der Waals surface area contributed by atoms with Crippen LogP contribution in [-0.4, -0.2) is 16.0 Å². The van der Waals surface area contributed by atoms with E-state index in [9.17, 15) is 0 Å². The summed E-state index contributed by atoms with van der Waals surface area (Å²) in [5.41, 5.74) is 2.48. The van der Waals surface area contributed by atoms with E-state index < -0.39 is 0 Å². The van der Waals surface area contributed by atoms with E-state index in [4.69, 9.17) is 4.98 Å². The third-order valence-electron chi connectivity index (χ3n) is 3.91. The van der Waals surface area contributed by atoms with E-state index in [1.54, 1.807) is 0 Å². The molecule has 1 aromatic heterocycles. The van der Waals surface area contributed by atoms with E-state index >= 15 is 0 Å². The number of nitrogens with one attached hydrogen (secondary N) is 1. The molecule has 0 amide bonds. The van der Waals surface area contributed by atoms with Crippen molar-refractivity contribution in [3.8, 4) is 0 Å². The highest BCUT2D eigenvalue weighted by Crippen LogP contribution is 2.51. The molecule has 20 heavy (non-hydrogen) atoms. The van der Waals surface area contributed by atoms with Gasteiger partial charge >= 0.3 is 0 Å². The van der Waals surface area contributed by atoms with Gasteiger partial charge in [-0.3, -0.25) is 0 Å². The molecule has 1 aliphatic rings. The Bertz CT molecular complexity index is 574. The van der Waals surface area contributed by atoms with E-state index in [1.165, 1.54) is 5.56 Å². The molecule has 3 nitrogen and oxygen atoms in total. The molecule has 1 aromatic carbocycles. The van der Waals surface area contributed by atoms with Gasteiger partial charge in [0.15, 0.2) is 0 Å². The van der Waals surface area contributed by atoms with Gasteiger partial charge in [-0.15, -0.1) is 0 Å². The normalized spacial score (nSPS) is 16.4. The lowest BCUT2D eigenvalue weighted by Gasteiger charge is -2.15. The van der Waals surface area contributed by atoms with Crippen LogP contribution in [0.4, 0.5) is 0 Å². The molecule has 0 bridgehead atoms. The molecule has 1 aliphatic carbocycles. The van der Waals surface area contributed by atoms with Crippen LogP contribution in [0.2, 0.25) is 0 Å². The zero-order chi connectivity index (χ0) is 14.0. The van der Waals surface area contributed by atoms with Gasteiger partial charge in [0.1, 0.15) is 5.82 Å². The highest BCUT2D eigenvalue weighted by Gasteiger charge is 2.48. The molecule has 1 N–H and O–H groups in total. The second-order valence-corrected chi connectivity index (χ2v) is 5.86. The topological polar surface area (TPSA) is 37.8 Å². The average molecular weight is 267 g/mol. The molecular formula is C17H21N3. The largest absolute Gasteiger partial charge is 0.309 e. The molecule has 0 spiro atoms. The van der Waals surface area contributed by atoms with Crippen LogP contribution in [0.5, 0.6) is 0 Å². The lowest BCUT2D eigenvalue weighted by molar-refractivity contribution is 0.576. The molecule has 0 saturated heterocycles. The monoisotopic (exact) mass is 267 g/mol. The first-order chi connectivity index (χ1) is 9.71. The molecule has 1 heterocycles. The fraction of sp³-hybridized carbons (Fsp3) is 0.412. The van der Waals surface area contributed by atoms with Crippen molar-refractivity contribution < 1.29 is 0 Å². The van der Waals surface area contributed by atoms with Crippen molar-refractivity contribution >= 4 is 0 Å². The van der Waals surface area contributed by atoms with E-state index in [2.05, 4.69) is 54.5 Å². The van der Waals surface area contributed by atoms with Crippen molar-refractivity contribution in [3.63, 3.8) is 0 Å². The van der Waals surface area contributed by atoms with Crippen LogP contribution in [0.15, 0.2) is 42.6 Å². The smallest absolute Gasteiger partial charge is 0.139 e. The van der Waals surface area contributed by atoms with Gasteiger partial charge in [0, 0.05) is 18.8 Å². The quantitative estimate of drug-likeness (QED) is 0.904. The van der Waals surface area contributed by atoms with Crippen LogP contribution in [-0.2, 0) is 12.0 Å². The predicted octanol–water partition coefficient (Wildman–Crippen LogP) is 3.05. The molecule has 0 atom stereocenters. The van der Waals surface area contributed by atoms with Crippen molar-refractivity contribution in [1.82, 2.24) is 15.3 Å². The Morgan fingerprint density at radius 2 is 1.90 bits per heavy atom. The summed E-state index contributed by atoms with van der Waals surface area (Å²) in [6.45, 7) is 5.10. The number of hydrogen-bond donors (Lipinski definition) is 1. The lowest BCUT2D eigenvalue weighted by Crippen LogP contribution is -2.23. The third-order valence-corrected chi connectivity index (χ3v) is 3.91. The summed E-state index contributed by atoms with van der Waals surface area (Å²) in [6, 6.07) is 13.1. The maximum Gasteiger partial charge on any atom is 0.139 e. The average Bonchev–Trinajstić information content (AvgIpc) is 3.28. The zero-order valence-corrected chi connectivity index (χ0v) is 12.1. The van der Waals surface area contributed by atoms with Gasteiger partial charge < -0.3 is 5.32 Å². The highest BCUT2D eigenvalue weighted by atomic mass is 15.0. The predicted molar refractivity (Wildman–Crippen MR) is 80.5 cm³/mol. The minimum atomic E-state index is 0.0646. The Kier molecular flexibility index (Phi) is 3.53. The summed E-state index contributed by atoms with van der Waals surface area (Å²) in [4.78, 5) is 9.32. The number of hydrogen-bond acceptors (Lipinski definition) is 3. The van der Waals surface area contributed by atoms with E-state index in [-0.39, 0.29) is 5.41 Å². The van der Waals surface area contributed by atoms with Crippen LogP contribution < -0.4 is 5.32 Å². The van der Waals surface area contributed by atoms with Gasteiger partial charge in [0.25, 0.3) is 0 Å². The second kappa shape index (κ2) is 5.33. The van der Waals surface area contributed by atoms with Crippen LogP contribution in [0.3, 0.4) is 0 Å². The lowest BCUT2D eigenvalue weighted by atomic mass is 9.95. The summed E-state index contributed by atoms with van der Waals surface area (Å²) < 4.78 is 0. The van der Waals surface area contributed by atoms with Gasteiger partial charge in [-0.05, 0) is 24.5 Å². The van der Waals surface area contributed by atoms with Gasteiger partial charge in [-0.2, -0.15) is 0 Å². The SMILES string of the molecule is CC(C)NCc1ccnc(C2(c3ccccc3)CC2)n1. The van der Waals surface area contributed by atoms with E-state index in [0.717, 1.165) is 30.9 Å². The first-order valence-electron chi connectivity index (χ1n) is 7.32. The minimum absolute atomic E-state index is 0.0646. The molecule has 3 heteroatoms. The van der Waals surface area contributed by atoms with E-state index in [0.29, 0.717) is 6.04 Å². The van der Waals surface area contributed by atoms with Crippen molar-refractivity contribution in [2.75, 3.05) is 0 Å². The third kappa shape index (κ3) is 2.59. The molecule has 1 saturated carbocycles. The molecule has 0 radical (unpaired) electrons. The Labute approximate surface area is 120 Å². The first-order valence-corrected chi connectivity index (χ1v) is 7.32.